The van der Waals surface area contributed by atoms with E-state index >= 15 is 0 Å². The molecule has 0 unspecified atom stereocenters. The van der Waals surface area contributed by atoms with Gasteiger partial charge >= 0.3 is 0 Å². The number of aromatic nitrogens is 1. The highest BCUT2D eigenvalue weighted by atomic mass is 35.5. The lowest BCUT2D eigenvalue weighted by Crippen LogP contribution is -2.48. The van der Waals surface area contributed by atoms with Gasteiger partial charge in [-0.2, -0.15) is 0 Å². The Kier molecular flexibility index (Phi) is 7.94. The fraction of sp³-hybridized carbons (Fsp3) is 0.417. The van der Waals surface area contributed by atoms with E-state index in [0.717, 1.165) is 59.0 Å². The minimum Gasteiger partial charge on any atom is -0.355 e. The molecule has 0 atom stereocenters. The van der Waals surface area contributed by atoms with Crippen LogP contribution < -0.4 is 10.2 Å². The van der Waals surface area contributed by atoms with E-state index in [1.54, 1.807) is 23.1 Å². The van der Waals surface area contributed by atoms with Gasteiger partial charge in [-0.15, -0.1) is 11.8 Å². The van der Waals surface area contributed by atoms with Crippen LogP contribution in [-0.4, -0.2) is 60.8 Å². The van der Waals surface area contributed by atoms with Crippen molar-refractivity contribution in [2.75, 3.05) is 49.9 Å². The van der Waals surface area contributed by atoms with Crippen molar-refractivity contribution in [1.29, 1.82) is 0 Å². The number of nitrogens with one attached hydrogen (secondary N) is 1. The van der Waals surface area contributed by atoms with Crippen LogP contribution in [0.4, 0.5) is 5.13 Å². The summed E-state index contributed by atoms with van der Waals surface area (Å²) in [6, 6.07) is 12.2. The van der Waals surface area contributed by atoms with E-state index in [1.807, 2.05) is 24.3 Å². The topological polar surface area (TPSA) is 48.5 Å². The Balaban J connectivity index is 1.15. The lowest BCUT2D eigenvalue weighted by atomic mass is 10.1. The zero-order valence-electron chi connectivity index (χ0n) is 18.6. The van der Waals surface area contributed by atoms with E-state index in [2.05, 4.69) is 41.1 Å². The molecule has 1 aliphatic heterocycles. The molecule has 0 radical (unpaired) electrons. The smallest absolute Gasteiger partial charge is 0.220 e. The number of rotatable bonds is 8. The fourth-order valence-electron chi connectivity index (χ4n) is 3.89. The Bertz CT molecular complexity index is 1060. The molecule has 1 saturated heterocycles. The molecular weight excluding hydrogens is 460 g/mol. The van der Waals surface area contributed by atoms with Crippen LogP contribution in [0, 0.1) is 13.8 Å². The summed E-state index contributed by atoms with van der Waals surface area (Å²) in [6.45, 7) is 9.81. The average Bonchev–Trinajstić information content (AvgIpc) is 3.20. The molecule has 1 amide bonds. The van der Waals surface area contributed by atoms with Crippen LogP contribution in [0.25, 0.3) is 10.2 Å². The van der Waals surface area contributed by atoms with Crippen LogP contribution in [0.3, 0.4) is 0 Å². The molecule has 2 heterocycles. The number of carbonyl (C=O) groups is 1. The maximum absolute atomic E-state index is 12.1. The third kappa shape index (κ3) is 6.16. The number of hydrogen-bond donors (Lipinski definition) is 1. The van der Waals surface area contributed by atoms with Crippen LogP contribution in [-0.2, 0) is 4.79 Å². The molecule has 8 heteroatoms. The Hall–Kier alpha value is -1.80. The van der Waals surface area contributed by atoms with Crippen LogP contribution in [0.5, 0.6) is 0 Å². The van der Waals surface area contributed by atoms with Gasteiger partial charge in [0.05, 0.1) is 10.2 Å². The van der Waals surface area contributed by atoms with Crippen molar-refractivity contribution in [2.45, 2.75) is 25.2 Å². The number of thiazole rings is 1. The number of anilines is 1. The number of aryl methyl sites for hydroxylation is 2. The van der Waals surface area contributed by atoms with E-state index in [4.69, 9.17) is 16.6 Å². The first-order chi connectivity index (χ1) is 15.5. The number of halogens is 1. The molecular formula is C24H29ClN4OS2. The second kappa shape index (κ2) is 10.9. The van der Waals surface area contributed by atoms with Crippen LogP contribution in [0.15, 0.2) is 41.3 Å². The third-order valence-corrected chi connectivity index (χ3v) is 7.95. The predicted octanol–water partition coefficient (Wildman–Crippen LogP) is 4.99. The van der Waals surface area contributed by atoms with E-state index in [9.17, 15) is 4.79 Å². The second-order valence-corrected chi connectivity index (χ2v) is 10.8. The maximum Gasteiger partial charge on any atom is 0.220 e. The number of carbonyl (C=O) groups excluding carboxylic acids is 1. The van der Waals surface area contributed by atoms with Gasteiger partial charge in [0.1, 0.15) is 0 Å². The summed E-state index contributed by atoms with van der Waals surface area (Å²) in [5.41, 5.74) is 3.68. The highest BCUT2D eigenvalue weighted by Crippen LogP contribution is 2.32. The molecule has 4 rings (SSSR count). The van der Waals surface area contributed by atoms with E-state index < -0.39 is 0 Å². The van der Waals surface area contributed by atoms with E-state index in [0.29, 0.717) is 13.0 Å². The van der Waals surface area contributed by atoms with Crippen LogP contribution in [0.1, 0.15) is 17.5 Å². The van der Waals surface area contributed by atoms with E-state index in [-0.39, 0.29) is 5.91 Å². The highest BCUT2D eigenvalue weighted by Gasteiger charge is 2.20. The number of hydrogen-bond acceptors (Lipinski definition) is 6. The molecule has 32 heavy (non-hydrogen) atoms. The van der Waals surface area contributed by atoms with Gasteiger partial charge < -0.3 is 10.2 Å². The normalized spacial score (nSPS) is 14.8. The van der Waals surface area contributed by atoms with Crippen molar-refractivity contribution in [3.05, 3.63) is 52.5 Å². The molecule has 1 fully saturated rings. The van der Waals surface area contributed by atoms with Gasteiger partial charge in [-0.05, 0) is 55.3 Å². The summed E-state index contributed by atoms with van der Waals surface area (Å²) in [5.74, 6) is 0.887. The quantitative estimate of drug-likeness (QED) is 0.453. The number of nitrogens with zero attached hydrogens (tertiary/aromatic N) is 3. The number of amides is 1. The number of piperazine rings is 1. The summed E-state index contributed by atoms with van der Waals surface area (Å²) in [5, 5.41) is 4.92. The third-order valence-electron chi connectivity index (χ3n) is 5.62. The fourth-order valence-corrected chi connectivity index (χ4v) is 6.06. The Morgan fingerprint density at radius 1 is 1.16 bits per heavy atom. The summed E-state index contributed by atoms with van der Waals surface area (Å²) in [4.78, 5) is 23.0. The number of benzene rings is 2. The van der Waals surface area contributed by atoms with Gasteiger partial charge in [0.15, 0.2) is 5.13 Å². The van der Waals surface area contributed by atoms with Gasteiger partial charge in [-0.3, -0.25) is 9.69 Å². The lowest BCUT2D eigenvalue weighted by molar-refractivity contribution is -0.120. The first kappa shape index (κ1) is 23.4. The molecule has 5 nitrogen and oxygen atoms in total. The second-order valence-electron chi connectivity index (χ2n) is 8.16. The van der Waals surface area contributed by atoms with Crippen LogP contribution >= 0.6 is 34.7 Å². The molecule has 0 aliphatic carbocycles. The summed E-state index contributed by atoms with van der Waals surface area (Å²) in [6.07, 6.45) is 0.525. The van der Waals surface area contributed by atoms with Crippen molar-refractivity contribution in [3.63, 3.8) is 0 Å². The molecule has 0 bridgehead atoms. The molecule has 1 N–H and O–H groups in total. The SMILES string of the molecule is Cc1cc(C)c2nc(N3CCN(CCNC(=O)CCSc4ccc(Cl)cc4)CC3)sc2c1. The van der Waals surface area contributed by atoms with Crippen molar-refractivity contribution in [2.24, 2.45) is 0 Å². The molecule has 170 valence electrons. The summed E-state index contributed by atoms with van der Waals surface area (Å²) >= 11 is 9.37. The van der Waals surface area contributed by atoms with Gasteiger partial charge in [-0.1, -0.05) is 29.0 Å². The number of thioether (sulfide) groups is 1. The monoisotopic (exact) mass is 488 g/mol. The van der Waals surface area contributed by atoms with Crippen molar-refractivity contribution in [1.82, 2.24) is 15.2 Å². The molecule has 2 aromatic carbocycles. The van der Waals surface area contributed by atoms with Gasteiger partial charge in [0.2, 0.25) is 5.91 Å². The minimum absolute atomic E-state index is 0.116. The van der Waals surface area contributed by atoms with Crippen molar-refractivity contribution in [3.8, 4) is 0 Å². The Morgan fingerprint density at radius 3 is 2.66 bits per heavy atom. The Labute approximate surface area is 203 Å². The largest absolute Gasteiger partial charge is 0.355 e. The molecule has 0 spiro atoms. The molecule has 1 aliphatic rings. The van der Waals surface area contributed by atoms with Gasteiger partial charge in [-0.25, -0.2) is 4.98 Å². The van der Waals surface area contributed by atoms with Gasteiger partial charge in [0.25, 0.3) is 0 Å². The zero-order chi connectivity index (χ0) is 22.5. The minimum atomic E-state index is 0.116. The maximum atomic E-state index is 12.1. The predicted molar refractivity (Wildman–Crippen MR) is 138 cm³/mol. The average molecular weight is 489 g/mol. The number of fused-ring (bicyclic) bond motifs is 1. The lowest BCUT2D eigenvalue weighted by Gasteiger charge is -2.34. The standard InChI is InChI=1S/C24H29ClN4OS2/c1-17-15-18(2)23-21(16-17)32-24(27-23)29-12-10-28(11-13-29)9-8-26-22(30)7-14-31-20-5-3-19(25)4-6-20/h3-6,15-16H,7-14H2,1-2H3,(H,26,30). The molecule has 3 aromatic rings. The van der Waals surface area contributed by atoms with Crippen LogP contribution in [0.2, 0.25) is 5.02 Å². The van der Waals surface area contributed by atoms with Crippen molar-refractivity contribution < 1.29 is 4.79 Å². The molecule has 0 saturated carbocycles. The first-order valence-electron chi connectivity index (χ1n) is 11.0. The highest BCUT2D eigenvalue weighted by molar-refractivity contribution is 7.99. The Morgan fingerprint density at radius 2 is 1.91 bits per heavy atom. The van der Waals surface area contributed by atoms with Crippen molar-refractivity contribution >= 4 is 56.0 Å². The van der Waals surface area contributed by atoms with E-state index in [1.165, 1.54) is 15.8 Å². The van der Waals surface area contributed by atoms with Gasteiger partial charge in [0, 0.05) is 61.4 Å². The summed E-state index contributed by atoms with van der Waals surface area (Å²) < 4.78 is 1.27. The molecule has 1 aromatic heterocycles. The first-order valence-corrected chi connectivity index (χ1v) is 13.2. The summed E-state index contributed by atoms with van der Waals surface area (Å²) in [7, 11) is 0. The zero-order valence-corrected chi connectivity index (χ0v) is 21.0.